The van der Waals surface area contributed by atoms with E-state index in [9.17, 15) is 4.79 Å². The van der Waals surface area contributed by atoms with E-state index in [0.717, 1.165) is 66.3 Å². The highest BCUT2D eigenvalue weighted by Crippen LogP contribution is 2.49. The summed E-state index contributed by atoms with van der Waals surface area (Å²) in [5, 5.41) is 0. The van der Waals surface area contributed by atoms with E-state index in [1.54, 1.807) is 0 Å². The van der Waals surface area contributed by atoms with Crippen LogP contribution in [0.4, 0.5) is 11.4 Å². The number of nitrogens with two attached hydrogens (primary N) is 1. The first-order valence-corrected chi connectivity index (χ1v) is 14.3. The second-order valence-electron chi connectivity index (χ2n) is 10.9. The Bertz CT molecular complexity index is 1250. The average molecular weight is 530 g/mol. The zero-order chi connectivity index (χ0) is 28.7. The van der Waals surface area contributed by atoms with Crippen molar-refractivity contribution in [2.24, 2.45) is 11.7 Å². The van der Waals surface area contributed by atoms with E-state index >= 15 is 0 Å². The molecule has 1 heterocycles. The molecule has 1 aliphatic rings. The van der Waals surface area contributed by atoms with Crippen molar-refractivity contribution in [2.45, 2.75) is 60.0 Å². The number of hydrogen-bond acceptors (Lipinski definition) is 5. The van der Waals surface area contributed by atoms with E-state index in [1.165, 1.54) is 11.3 Å². The molecule has 1 atom stereocenters. The highest BCUT2D eigenvalue weighted by molar-refractivity contribution is 5.97. The van der Waals surface area contributed by atoms with Gasteiger partial charge in [-0.1, -0.05) is 57.2 Å². The summed E-state index contributed by atoms with van der Waals surface area (Å²) in [7, 11) is 3.96. The van der Waals surface area contributed by atoms with Gasteiger partial charge >= 0.3 is 5.97 Å². The number of nitrogens with zero attached hydrogens (tertiary/aromatic N) is 2. The predicted molar refractivity (Wildman–Crippen MR) is 165 cm³/mol. The Morgan fingerprint density at radius 3 is 1.97 bits per heavy atom. The quantitative estimate of drug-likeness (QED) is 0.305. The molecular weight excluding hydrogens is 482 g/mol. The Kier molecular flexibility index (Phi) is 10.2. The summed E-state index contributed by atoms with van der Waals surface area (Å²) >= 11 is 0. The van der Waals surface area contributed by atoms with Gasteiger partial charge in [-0.25, -0.2) is 4.79 Å². The lowest BCUT2D eigenvalue weighted by molar-refractivity contribution is 0.0250. The van der Waals surface area contributed by atoms with Crippen LogP contribution in [-0.2, 0) is 16.8 Å². The largest absolute Gasteiger partial charge is 0.441 e. The van der Waals surface area contributed by atoms with E-state index in [0.29, 0.717) is 5.56 Å². The van der Waals surface area contributed by atoms with Gasteiger partial charge in [-0.2, -0.15) is 0 Å². The molecule has 0 amide bonds. The third-order valence-corrected chi connectivity index (χ3v) is 7.60. The van der Waals surface area contributed by atoms with Gasteiger partial charge in [0.25, 0.3) is 0 Å². The fourth-order valence-electron chi connectivity index (χ4n) is 5.24. The first-order chi connectivity index (χ1) is 18.6. The molecule has 3 aromatic rings. The number of hydrogen-bond donors (Lipinski definition) is 1. The fourth-order valence-corrected chi connectivity index (χ4v) is 5.24. The number of anilines is 2. The van der Waals surface area contributed by atoms with Crippen LogP contribution in [0.5, 0.6) is 0 Å². The van der Waals surface area contributed by atoms with Crippen molar-refractivity contribution >= 4 is 17.3 Å². The normalized spacial score (nSPS) is 15.9. The van der Waals surface area contributed by atoms with Crippen LogP contribution < -0.4 is 15.5 Å². The van der Waals surface area contributed by atoms with Crippen molar-refractivity contribution in [1.29, 1.82) is 0 Å². The SMILES string of the molecule is CC(C)CCN.CCc1ccc(C2(c3ccc(N(CC)CC)cc3C)OC(=O)c3cc(N(C)C)ccc32)cc1. The summed E-state index contributed by atoms with van der Waals surface area (Å²) in [6, 6.07) is 21.1. The number of benzene rings is 3. The number of ether oxygens (including phenoxy) is 1. The Labute approximate surface area is 236 Å². The molecule has 3 aromatic carbocycles. The molecular formula is C34H47N3O2. The second kappa shape index (κ2) is 13.2. The van der Waals surface area contributed by atoms with Crippen LogP contribution in [0, 0.1) is 12.8 Å². The number of esters is 1. The topological polar surface area (TPSA) is 58.8 Å². The van der Waals surface area contributed by atoms with E-state index in [4.69, 9.17) is 10.5 Å². The maximum Gasteiger partial charge on any atom is 0.340 e. The Morgan fingerprint density at radius 1 is 0.872 bits per heavy atom. The van der Waals surface area contributed by atoms with Crippen LogP contribution in [0.15, 0.2) is 60.7 Å². The minimum Gasteiger partial charge on any atom is -0.441 e. The van der Waals surface area contributed by atoms with Gasteiger partial charge in [0.2, 0.25) is 0 Å². The zero-order valence-corrected chi connectivity index (χ0v) is 25.2. The van der Waals surface area contributed by atoms with Crippen molar-refractivity contribution in [3.63, 3.8) is 0 Å². The standard InChI is InChI=1S/C29H34N2O2.C5H13N/c1-7-21-10-12-22(13-11-21)29(26-16-15-24(18-20(26)4)31(8-2)9-3)27-17-14-23(30(5)6)19-25(27)28(32)33-29;1-5(2)3-4-6/h10-19H,7-9H2,1-6H3;5H,3-4,6H2,1-2H3. The molecule has 0 saturated heterocycles. The second-order valence-corrected chi connectivity index (χ2v) is 10.9. The number of rotatable bonds is 9. The highest BCUT2D eigenvalue weighted by Gasteiger charge is 2.49. The maximum absolute atomic E-state index is 13.3. The minimum absolute atomic E-state index is 0.277. The van der Waals surface area contributed by atoms with Gasteiger partial charge < -0.3 is 20.3 Å². The zero-order valence-electron chi connectivity index (χ0n) is 25.2. The summed E-state index contributed by atoms with van der Waals surface area (Å²) in [6.07, 6.45) is 2.12. The van der Waals surface area contributed by atoms with E-state index in [-0.39, 0.29) is 5.97 Å². The monoisotopic (exact) mass is 529 g/mol. The molecule has 39 heavy (non-hydrogen) atoms. The average Bonchev–Trinajstić information content (AvgIpc) is 3.22. The summed E-state index contributed by atoms with van der Waals surface area (Å²) in [5.74, 6) is 0.496. The molecule has 1 aliphatic heterocycles. The van der Waals surface area contributed by atoms with E-state index in [2.05, 4.69) is 101 Å². The van der Waals surface area contributed by atoms with E-state index < -0.39 is 5.60 Å². The van der Waals surface area contributed by atoms with Crippen molar-refractivity contribution in [1.82, 2.24) is 0 Å². The molecule has 0 aromatic heterocycles. The van der Waals surface area contributed by atoms with Crippen LogP contribution in [-0.4, -0.2) is 39.7 Å². The Morgan fingerprint density at radius 2 is 1.49 bits per heavy atom. The summed E-state index contributed by atoms with van der Waals surface area (Å²) < 4.78 is 6.36. The number of carbonyl (C=O) groups is 1. The first-order valence-electron chi connectivity index (χ1n) is 14.3. The Balaban J connectivity index is 0.000000631. The third-order valence-electron chi connectivity index (χ3n) is 7.60. The smallest absolute Gasteiger partial charge is 0.340 e. The highest BCUT2D eigenvalue weighted by atomic mass is 16.6. The molecule has 4 rings (SSSR count). The summed E-state index contributed by atoms with van der Waals surface area (Å²) in [6.45, 7) is 15.7. The van der Waals surface area contributed by atoms with Gasteiger partial charge in [0.15, 0.2) is 5.60 Å². The van der Waals surface area contributed by atoms with Gasteiger partial charge in [-0.05, 0) is 81.5 Å². The summed E-state index contributed by atoms with van der Waals surface area (Å²) in [5.41, 5.74) is 12.3. The Hall–Kier alpha value is -3.31. The number of carbonyl (C=O) groups excluding carboxylic acids is 1. The maximum atomic E-state index is 13.3. The van der Waals surface area contributed by atoms with Crippen LogP contribution in [0.2, 0.25) is 0 Å². The minimum atomic E-state index is -0.963. The van der Waals surface area contributed by atoms with E-state index in [1.807, 2.05) is 25.1 Å². The first kappa shape index (κ1) is 30.2. The molecule has 0 aliphatic carbocycles. The van der Waals surface area contributed by atoms with Crippen molar-refractivity contribution in [3.05, 3.63) is 94.0 Å². The van der Waals surface area contributed by atoms with Crippen LogP contribution in [0.3, 0.4) is 0 Å². The van der Waals surface area contributed by atoms with Crippen LogP contribution in [0.25, 0.3) is 0 Å². The van der Waals surface area contributed by atoms with Crippen LogP contribution >= 0.6 is 0 Å². The third kappa shape index (κ3) is 6.30. The molecule has 0 bridgehead atoms. The molecule has 210 valence electrons. The molecule has 2 N–H and O–H groups in total. The lowest BCUT2D eigenvalue weighted by atomic mass is 9.77. The molecule has 5 heteroatoms. The van der Waals surface area contributed by atoms with Crippen LogP contribution in [0.1, 0.15) is 79.2 Å². The number of aryl methyl sites for hydroxylation is 2. The molecule has 1 unspecified atom stereocenters. The summed E-state index contributed by atoms with van der Waals surface area (Å²) in [4.78, 5) is 17.6. The lowest BCUT2D eigenvalue weighted by Crippen LogP contribution is -2.31. The molecule has 0 saturated carbocycles. The van der Waals surface area contributed by atoms with Crippen molar-refractivity contribution < 1.29 is 9.53 Å². The van der Waals surface area contributed by atoms with Crippen molar-refractivity contribution in [3.8, 4) is 0 Å². The molecule has 0 fully saturated rings. The molecule has 5 nitrogen and oxygen atoms in total. The van der Waals surface area contributed by atoms with Crippen molar-refractivity contribution in [2.75, 3.05) is 43.5 Å². The van der Waals surface area contributed by atoms with Gasteiger partial charge in [0.05, 0.1) is 5.56 Å². The molecule has 0 radical (unpaired) electrons. The van der Waals surface area contributed by atoms with Gasteiger partial charge in [-0.3, -0.25) is 0 Å². The fraction of sp³-hybridized carbons (Fsp3) is 0.441. The predicted octanol–water partition coefficient (Wildman–Crippen LogP) is 6.92. The lowest BCUT2D eigenvalue weighted by Gasteiger charge is -2.33. The van der Waals surface area contributed by atoms with Gasteiger partial charge in [-0.15, -0.1) is 0 Å². The van der Waals surface area contributed by atoms with Gasteiger partial charge in [0.1, 0.15) is 0 Å². The number of fused-ring (bicyclic) bond motifs is 1. The molecule has 0 spiro atoms. The number of cyclic esters (lactones) is 1. The van der Waals surface area contributed by atoms with Gasteiger partial charge in [0, 0.05) is 55.2 Å².